The number of nitrogens with zero attached hydrogens (tertiary/aromatic N) is 1. The zero-order valence-electron chi connectivity index (χ0n) is 9.73. The summed E-state index contributed by atoms with van der Waals surface area (Å²) in [6.45, 7) is 6.18. The highest BCUT2D eigenvalue weighted by molar-refractivity contribution is 5.14. The molecule has 2 fully saturated rings. The van der Waals surface area contributed by atoms with Crippen molar-refractivity contribution < 1.29 is 0 Å². The van der Waals surface area contributed by atoms with Gasteiger partial charge in [0.2, 0.25) is 0 Å². The van der Waals surface area contributed by atoms with Crippen LogP contribution in [0.5, 0.6) is 0 Å². The number of nitrogens with one attached hydrogen (secondary N) is 1. The number of fused-ring (bicyclic) bond motifs is 1. The first kappa shape index (κ1) is 10.3. The average molecular weight is 216 g/mol. The molecule has 1 aromatic rings. The molecule has 2 heterocycles. The Morgan fingerprint density at radius 3 is 2.75 bits per heavy atom. The average Bonchev–Trinajstić information content (AvgIpc) is 2.72. The van der Waals surface area contributed by atoms with Gasteiger partial charge in [0, 0.05) is 19.6 Å². The molecule has 0 unspecified atom stereocenters. The van der Waals surface area contributed by atoms with Gasteiger partial charge in [0.1, 0.15) is 0 Å². The highest BCUT2D eigenvalue weighted by atomic mass is 15.2. The van der Waals surface area contributed by atoms with E-state index in [9.17, 15) is 0 Å². The lowest BCUT2D eigenvalue weighted by Gasteiger charge is -2.24. The Kier molecular flexibility index (Phi) is 2.94. The number of rotatable bonds is 2. The minimum Gasteiger partial charge on any atom is -0.316 e. The Hall–Kier alpha value is -0.860. The molecule has 0 aromatic heterocycles. The molecule has 86 valence electrons. The first-order chi connectivity index (χ1) is 7.92. The van der Waals surface area contributed by atoms with E-state index >= 15 is 0 Å². The molecule has 0 radical (unpaired) electrons. The van der Waals surface area contributed by atoms with Gasteiger partial charge in [0.15, 0.2) is 0 Å². The Balaban J connectivity index is 1.61. The molecule has 3 rings (SSSR count). The van der Waals surface area contributed by atoms with Gasteiger partial charge in [0.05, 0.1) is 0 Å². The van der Waals surface area contributed by atoms with Gasteiger partial charge in [-0.1, -0.05) is 30.3 Å². The van der Waals surface area contributed by atoms with E-state index in [2.05, 4.69) is 40.5 Å². The maximum Gasteiger partial charge on any atom is 0.0233 e. The Morgan fingerprint density at radius 1 is 1.12 bits per heavy atom. The molecule has 16 heavy (non-hydrogen) atoms. The lowest BCUT2D eigenvalue weighted by atomic mass is 9.90. The minimum absolute atomic E-state index is 0.900. The highest BCUT2D eigenvalue weighted by Crippen LogP contribution is 2.28. The van der Waals surface area contributed by atoms with E-state index in [0.717, 1.165) is 18.4 Å². The molecule has 0 saturated carbocycles. The van der Waals surface area contributed by atoms with E-state index in [0.29, 0.717) is 0 Å². The van der Waals surface area contributed by atoms with Gasteiger partial charge in [-0.15, -0.1) is 0 Å². The van der Waals surface area contributed by atoms with Crippen molar-refractivity contribution >= 4 is 0 Å². The van der Waals surface area contributed by atoms with Crippen molar-refractivity contribution in [3.05, 3.63) is 35.9 Å². The van der Waals surface area contributed by atoms with E-state index in [4.69, 9.17) is 0 Å². The molecule has 2 atom stereocenters. The van der Waals surface area contributed by atoms with Crippen LogP contribution in [-0.4, -0.2) is 31.1 Å². The molecule has 2 heteroatoms. The van der Waals surface area contributed by atoms with Crippen LogP contribution in [0.2, 0.25) is 0 Å². The van der Waals surface area contributed by atoms with E-state index in [-0.39, 0.29) is 0 Å². The first-order valence-electron chi connectivity index (χ1n) is 6.39. The second-order valence-electron chi connectivity index (χ2n) is 5.19. The summed E-state index contributed by atoms with van der Waals surface area (Å²) in [7, 11) is 0. The van der Waals surface area contributed by atoms with Gasteiger partial charge in [0.25, 0.3) is 0 Å². The molecule has 0 aliphatic carbocycles. The van der Waals surface area contributed by atoms with Gasteiger partial charge in [-0.05, 0) is 36.9 Å². The zero-order chi connectivity index (χ0) is 10.8. The van der Waals surface area contributed by atoms with E-state index in [1.54, 1.807) is 0 Å². The highest BCUT2D eigenvalue weighted by Gasteiger charge is 2.33. The van der Waals surface area contributed by atoms with Crippen LogP contribution in [0.3, 0.4) is 0 Å². The second kappa shape index (κ2) is 4.56. The third-order valence-corrected chi connectivity index (χ3v) is 4.00. The van der Waals surface area contributed by atoms with Crippen LogP contribution in [0.25, 0.3) is 0 Å². The van der Waals surface area contributed by atoms with Crippen molar-refractivity contribution in [1.82, 2.24) is 10.2 Å². The summed E-state index contributed by atoms with van der Waals surface area (Å²) in [5.41, 5.74) is 1.45. The summed E-state index contributed by atoms with van der Waals surface area (Å²) in [5, 5.41) is 3.51. The topological polar surface area (TPSA) is 15.3 Å². The molecular weight excluding hydrogens is 196 g/mol. The van der Waals surface area contributed by atoms with Crippen molar-refractivity contribution in [2.24, 2.45) is 11.8 Å². The maximum atomic E-state index is 3.51. The van der Waals surface area contributed by atoms with Crippen molar-refractivity contribution in [3.63, 3.8) is 0 Å². The monoisotopic (exact) mass is 216 g/mol. The van der Waals surface area contributed by atoms with Gasteiger partial charge in [-0.2, -0.15) is 0 Å². The summed E-state index contributed by atoms with van der Waals surface area (Å²) in [6, 6.07) is 10.8. The van der Waals surface area contributed by atoms with E-state index in [1.807, 2.05) is 0 Å². The largest absolute Gasteiger partial charge is 0.316 e. The van der Waals surface area contributed by atoms with Crippen LogP contribution in [0, 0.1) is 11.8 Å². The quantitative estimate of drug-likeness (QED) is 0.810. The number of piperidine rings is 1. The smallest absolute Gasteiger partial charge is 0.0233 e. The summed E-state index contributed by atoms with van der Waals surface area (Å²) in [4.78, 5) is 2.62. The Labute approximate surface area is 97.6 Å². The molecule has 2 nitrogen and oxygen atoms in total. The van der Waals surface area contributed by atoms with Crippen molar-refractivity contribution in [2.75, 3.05) is 26.2 Å². The predicted octanol–water partition coefficient (Wildman–Crippen LogP) is 1.73. The van der Waals surface area contributed by atoms with Crippen LogP contribution in [0.4, 0.5) is 0 Å². The van der Waals surface area contributed by atoms with Crippen molar-refractivity contribution in [1.29, 1.82) is 0 Å². The molecule has 1 aromatic carbocycles. The number of hydrogen-bond acceptors (Lipinski definition) is 2. The van der Waals surface area contributed by atoms with Crippen LogP contribution in [-0.2, 0) is 6.54 Å². The third kappa shape index (κ3) is 2.13. The Bertz CT molecular complexity index is 322. The number of hydrogen-bond donors (Lipinski definition) is 1. The SMILES string of the molecule is c1ccc(CN2C[C@H]3CCNC[C@H]3C2)cc1. The van der Waals surface area contributed by atoms with Crippen LogP contribution < -0.4 is 5.32 Å². The van der Waals surface area contributed by atoms with Crippen LogP contribution >= 0.6 is 0 Å². The Morgan fingerprint density at radius 2 is 1.94 bits per heavy atom. The van der Waals surface area contributed by atoms with Crippen molar-refractivity contribution in [3.8, 4) is 0 Å². The standard InChI is InChI=1S/C14H20N2/c1-2-4-12(5-3-1)9-16-10-13-6-7-15-8-14(13)11-16/h1-5,13-15H,6-11H2/t13-,14+/m1/s1. The van der Waals surface area contributed by atoms with E-state index < -0.39 is 0 Å². The van der Waals surface area contributed by atoms with E-state index in [1.165, 1.54) is 38.2 Å². The molecule has 2 aliphatic rings. The summed E-state index contributed by atoms with van der Waals surface area (Å²) < 4.78 is 0. The molecule has 1 N–H and O–H groups in total. The number of likely N-dealkylation sites (tertiary alicyclic amines) is 1. The molecule has 0 bridgehead atoms. The fraction of sp³-hybridized carbons (Fsp3) is 0.571. The minimum atomic E-state index is 0.900. The van der Waals surface area contributed by atoms with Crippen LogP contribution in [0.1, 0.15) is 12.0 Å². The predicted molar refractivity (Wildman–Crippen MR) is 66.2 cm³/mol. The fourth-order valence-corrected chi connectivity index (χ4v) is 3.14. The third-order valence-electron chi connectivity index (χ3n) is 4.00. The van der Waals surface area contributed by atoms with Gasteiger partial charge < -0.3 is 5.32 Å². The van der Waals surface area contributed by atoms with Gasteiger partial charge in [-0.25, -0.2) is 0 Å². The second-order valence-corrected chi connectivity index (χ2v) is 5.19. The molecule has 0 spiro atoms. The van der Waals surface area contributed by atoms with Crippen molar-refractivity contribution in [2.45, 2.75) is 13.0 Å². The first-order valence-corrected chi connectivity index (χ1v) is 6.39. The molecule has 0 amide bonds. The maximum absolute atomic E-state index is 3.51. The van der Waals surface area contributed by atoms with Gasteiger partial charge >= 0.3 is 0 Å². The molecule has 2 aliphatic heterocycles. The number of benzene rings is 1. The van der Waals surface area contributed by atoms with Crippen LogP contribution in [0.15, 0.2) is 30.3 Å². The zero-order valence-corrected chi connectivity index (χ0v) is 9.73. The summed E-state index contributed by atoms with van der Waals surface area (Å²) in [5.74, 6) is 1.85. The molecule has 2 saturated heterocycles. The lowest BCUT2D eigenvalue weighted by Crippen LogP contribution is -2.35. The summed E-state index contributed by atoms with van der Waals surface area (Å²) >= 11 is 0. The fourth-order valence-electron chi connectivity index (χ4n) is 3.14. The summed E-state index contributed by atoms with van der Waals surface area (Å²) in [6.07, 6.45) is 1.37. The molecular formula is C14H20N2. The normalized spacial score (nSPS) is 30.2. The van der Waals surface area contributed by atoms with Gasteiger partial charge in [-0.3, -0.25) is 4.90 Å². The lowest BCUT2D eigenvalue weighted by molar-refractivity contribution is 0.313.